The summed E-state index contributed by atoms with van der Waals surface area (Å²) < 4.78 is 69.8. The summed E-state index contributed by atoms with van der Waals surface area (Å²) >= 11 is 1.29. The van der Waals surface area contributed by atoms with Crippen molar-refractivity contribution in [3.05, 3.63) is 39.0 Å². The molecule has 0 aromatic carbocycles. The zero-order valence-electron chi connectivity index (χ0n) is 21.3. The summed E-state index contributed by atoms with van der Waals surface area (Å²) in [5.74, 6) is -4.75. The summed E-state index contributed by atoms with van der Waals surface area (Å²) in [4.78, 5) is 27.4. The first-order valence-corrected chi connectivity index (χ1v) is 13.8. The number of halogens is 5. The number of alkyl halides is 5. The Morgan fingerprint density at radius 1 is 1.27 bits per heavy atom. The largest absolute Gasteiger partial charge is 0.349 e. The van der Waals surface area contributed by atoms with Gasteiger partial charge in [0, 0.05) is 47.8 Å². The van der Waals surface area contributed by atoms with Gasteiger partial charge in [-0.25, -0.2) is 22.0 Å². The molecule has 3 aromatic heterocycles. The lowest BCUT2D eigenvalue weighted by Crippen LogP contribution is -2.45. The second kappa shape index (κ2) is 9.93. The van der Waals surface area contributed by atoms with Crippen LogP contribution in [-0.2, 0) is 31.1 Å². The molecule has 0 spiro atoms. The SMILES string of the molecule is Cn1nc(C(F)F)cc1Nc1nncn1[C@H]1CCc2sc(CC(=O)C3CC3(F)F)c(C(=O)NC3CC(F)C3)c2C1. The molecular formula is C25H26F5N7O2S. The van der Waals surface area contributed by atoms with Crippen molar-refractivity contribution in [3.8, 4) is 0 Å². The van der Waals surface area contributed by atoms with Crippen molar-refractivity contribution in [2.75, 3.05) is 5.32 Å². The molecule has 3 aliphatic carbocycles. The standard InChI is InChI=1S/C25H26F5N7O2S/c1-36-20(7-16(35-36)22(27)28)33-24-34-31-10-37(24)13-2-3-18-14(6-13)21(23(39)32-12-4-11(26)5-12)19(40-18)8-17(38)15-9-25(15,29)30/h7,10-13,15,22H,2-6,8-9H2,1H3,(H,32,39)(H,33,34)/t11?,12?,13-,15?/m0/s1. The lowest BCUT2D eigenvalue weighted by atomic mass is 9.88. The highest BCUT2D eigenvalue weighted by Crippen LogP contribution is 2.50. The quantitative estimate of drug-likeness (QED) is 0.360. The molecule has 6 rings (SSSR count). The zero-order chi connectivity index (χ0) is 28.3. The average molecular weight is 584 g/mol. The molecular weight excluding hydrogens is 557 g/mol. The van der Waals surface area contributed by atoms with Gasteiger partial charge in [-0.2, -0.15) is 5.10 Å². The number of rotatable bonds is 9. The number of nitrogens with zero attached hydrogens (tertiary/aromatic N) is 5. The Labute approximate surface area is 229 Å². The summed E-state index contributed by atoms with van der Waals surface area (Å²) in [6.07, 6.45) is -0.942. The van der Waals surface area contributed by atoms with Gasteiger partial charge in [0.2, 0.25) is 5.95 Å². The molecule has 2 fully saturated rings. The summed E-state index contributed by atoms with van der Waals surface area (Å²) in [5.41, 5.74) is 0.643. The molecule has 2 atom stereocenters. The number of aryl methyl sites for hydroxylation is 2. The maximum absolute atomic E-state index is 13.6. The molecule has 0 bridgehead atoms. The van der Waals surface area contributed by atoms with E-state index in [4.69, 9.17) is 0 Å². The molecule has 3 aliphatic rings. The van der Waals surface area contributed by atoms with Crippen LogP contribution in [0.25, 0.3) is 0 Å². The summed E-state index contributed by atoms with van der Waals surface area (Å²) in [6.45, 7) is 0. The number of aromatic nitrogens is 5. The van der Waals surface area contributed by atoms with Gasteiger partial charge in [0.25, 0.3) is 18.3 Å². The highest BCUT2D eigenvalue weighted by atomic mass is 32.1. The molecule has 214 valence electrons. The number of amides is 1. The zero-order valence-corrected chi connectivity index (χ0v) is 22.2. The van der Waals surface area contributed by atoms with E-state index in [2.05, 4.69) is 25.9 Å². The number of thiophene rings is 1. The van der Waals surface area contributed by atoms with Crippen LogP contribution in [0.15, 0.2) is 12.4 Å². The van der Waals surface area contributed by atoms with Crippen LogP contribution in [0.4, 0.5) is 33.7 Å². The highest BCUT2D eigenvalue weighted by molar-refractivity contribution is 7.12. The first-order valence-electron chi connectivity index (χ1n) is 13.0. The number of ketones is 1. The van der Waals surface area contributed by atoms with Crippen molar-refractivity contribution in [1.29, 1.82) is 0 Å². The van der Waals surface area contributed by atoms with Crippen LogP contribution in [-0.4, -0.2) is 54.4 Å². The monoisotopic (exact) mass is 583 g/mol. The van der Waals surface area contributed by atoms with E-state index in [0.717, 1.165) is 10.4 Å². The van der Waals surface area contributed by atoms with Gasteiger partial charge in [-0.05, 0) is 37.7 Å². The third-order valence-electron chi connectivity index (χ3n) is 7.83. The molecule has 3 aromatic rings. The van der Waals surface area contributed by atoms with Crippen molar-refractivity contribution in [1.82, 2.24) is 29.9 Å². The lowest BCUT2D eigenvalue weighted by Gasteiger charge is -2.31. The molecule has 40 heavy (non-hydrogen) atoms. The van der Waals surface area contributed by atoms with E-state index in [1.807, 2.05) is 0 Å². The van der Waals surface area contributed by atoms with E-state index >= 15 is 0 Å². The highest BCUT2D eigenvalue weighted by Gasteiger charge is 2.60. The fourth-order valence-corrected chi connectivity index (χ4v) is 6.80. The van der Waals surface area contributed by atoms with Crippen molar-refractivity contribution >= 4 is 34.8 Å². The predicted octanol–water partition coefficient (Wildman–Crippen LogP) is 4.48. The van der Waals surface area contributed by atoms with Gasteiger partial charge in [-0.15, -0.1) is 21.5 Å². The molecule has 2 saturated carbocycles. The molecule has 9 nitrogen and oxygen atoms in total. The van der Waals surface area contributed by atoms with E-state index in [1.54, 1.807) is 4.57 Å². The fraction of sp³-hybridized carbons (Fsp3) is 0.560. The van der Waals surface area contributed by atoms with E-state index in [-0.39, 0.29) is 37.0 Å². The number of Topliss-reactive ketones (excluding diaryl/α,β-unsaturated/α-hetero) is 1. The Morgan fingerprint density at radius 3 is 2.67 bits per heavy atom. The van der Waals surface area contributed by atoms with Gasteiger partial charge >= 0.3 is 0 Å². The maximum Gasteiger partial charge on any atom is 0.282 e. The summed E-state index contributed by atoms with van der Waals surface area (Å²) in [5, 5.41) is 17.7. The molecule has 0 radical (unpaired) electrons. The van der Waals surface area contributed by atoms with Crippen LogP contribution in [0, 0.1) is 5.92 Å². The van der Waals surface area contributed by atoms with Gasteiger partial charge in [0.1, 0.15) is 29.8 Å². The van der Waals surface area contributed by atoms with Gasteiger partial charge in [0.15, 0.2) is 0 Å². The van der Waals surface area contributed by atoms with Crippen molar-refractivity contribution in [2.24, 2.45) is 13.0 Å². The first kappa shape index (κ1) is 26.8. The number of hydrogen-bond acceptors (Lipinski definition) is 7. The number of hydrogen-bond donors (Lipinski definition) is 2. The number of carbonyl (C=O) groups is 2. The Hall–Kier alpha value is -3.36. The topological polar surface area (TPSA) is 107 Å². The molecule has 15 heteroatoms. The molecule has 0 saturated heterocycles. The Balaban J connectivity index is 1.26. The van der Waals surface area contributed by atoms with E-state index in [1.165, 1.54) is 35.5 Å². The average Bonchev–Trinajstić information content (AvgIpc) is 3.24. The van der Waals surface area contributed by atoms with Crippen LogP contribution in [0.1, 0.15) is 69.5 Å². The molecule has 0 aliphatic heterocycles. The normalized spacial score (nSPS) is 24.9. The van der Waals surface area contributed by atoms with Crippen LogP contribution < -0.4 is 10.6 Å². The molecule has 3 heterocycles. The van der Waals surface area contributed by atoms with Crippen LogP contribution >= 0.6 is 11.3 Å². The maximum atomic E-state index is 13.6. The third-order valence-corrected chi connectivity index (χ3v) is 9.12. The Kier molecular flexibility index (Phi) is 6.66. The Morgan fingerprint density at radius 2 is 2.02 bits per heavy atom. The van der Waals surface area contributed by atoms with Crippen molar-refractivity contribution in [3.63, 3.8) is 0 Å². The fourth-order valence-electron chi connectivity index (χ4n) is 5.44. The lowest BCUT2D eigenvalue weighted by molar-refractivity contribution is -0.121. The van der Waals surface area contributed by atoms with Crippen LogP contribution in [0.2, 0.25) is 0 Å². The minimum absolute atomic E-state index is 0.209. The number of anilines is 2. The van der Waals surface area contributed by atoms with Gasteiger partial charge in [-0.3, -0.25) is 18.8 Å². The van der Waals surface area contributed by atoms with Gasteiger partial charge in [-0.1, -0.05) is 0 Å². The van der Waals surface area contributed by atoms with Crippen LogP contribution in [0.3, 0.4) is 0 Å². The number of nitrogens with one attached hydrogen (secondary N) is 2. The van der Waals surface area contributed by atoms with E-state index in [0.29, 0.717) is 41.5 Å². The van der Waals surface area contributed by atoms with E-state index < -0.39 is 42.5 Å². The first-order chi connectivity index (χ1) is 19.0. The minimum atomic E-state index is -2.99. The summed E-state index contributed by atoms with van der Waals surface area (Å²) in [7, 11) is 1.52. The molecule has 1 unspecified atom stereocenters. The Bertz CT molecular complexity index is 1460. The smallest absolute Gasteiger partial charge is 0.282 e. The molecule has 2 N–H and O–H groups in total. The van der Waals surface area contributed by atoms with Gasteiger partial charge < -0.3 is 10.6 Å². The number of carbonyl (C=O) groups excluding carboxylic acids is 2. The van der Waals surface area contributed by atoms with Crippen molar-refractivity contribution in [2.45, 2.75) is 75.5 Å². The predicted molar refractivity (Wildman–Crippen MR) is 134 cm³/mol. The second-order valence-corrected chi connectivity index (χ2v) is 11.9. The molecule has 1 amide bonds. The minimum Gasteiger partial charge on any atom is -0.349 e. The number of fused-ring (bicyclic) bond motifs is 1. The second-order valence-electron chi connectivity index (χ2n) is 10.7. The van der Waals surface area contributed by atoms with Crippen LogP contribution in [0.5, 0.6) is 0 Å². The van der Waals surface area contributed by atoms with Gasteiger partial charge in [0.05, 0.1) is 11.5 Å². The third kappa shape index (κ3) is 4.99. The van der Waals surface area contributed by atoms with Crippen molar-refractivity contribution < 1.29 is 31.5 Å². The summed E-state index contributed by atoms with van der Waals surface area (Å²) in [6, 6.07) is 0.683. The van der Waals surface area contributed by atoms with E-state index in [9.17, 15) is 31.5 Å².